The van der Waals surface area contributed by atoms with E-state index in [-0.39, 0.29) is 5.91 Å². The molecule has 6 nitrogen and oxygen atoms in total. The molecule has 2 aliphatic rings. The maximum Gasteiger partial charge on any atom is 0.244 e. The van der Waals surface area contributed by atoms with Crippen LogP contribution < -0.4 is 10.1 Å². The van der Waals surface area contributed by atoms with Crippen molar-refractivity contribution in [1.82, 2.24) is 9.62 Å². The summed E-state index contributed by atoms with van der Waals surface area (Å²) >= 11 is 0. The van der Waals surface area contributed by atoms with Crippen LogP contribution in [0.1, 0.15) is 29.5 Å². The van der Waals surface area contributed by atoms with Gasteiger partial charge in [-0.05, 0) is 59.9 Å². The Balaban J connectivity index is 1.32. The Bertz CT molecular complexity index is 1020. The highest BCUT2D eigenvalue weighted by atomic mass is 32.2. The van der Waals surface area contributed by atoms with Crippen LogP contribution in [0.5, 0.6) is 5.75 Å². The van der Waals surface area contributed by atoms with Crippen LogP contribution in [0, 0.1) is 0 Å². The van der Waals surface area contributed by atoms with Crippen molar-refractivity contribution in [2.45, 2.75) is 30.7 Å². The summed E-state index contributed by atoms with van der Waals surface area (Å²) in [7, 11) is -3.40. The molecular formula is C22H24N2O4S. The number of hydrogen-bond acceptors (Lipinski definition) is 4. The van der Waals surface area contributed by atoms with Crippen LogP contribution in [0.2, 0.25) is 0 Å². The van der Waals surface area contributed by atoms with Gasteiger partial charge in [0.1, 0.15) is 5.75 Å². The Kier molecular flexibility index (Phi) is 5.69. The van der Waals surface area contributed by atoms with Crippen molar-refractivity contribution in [1.29, 1.82) is 0 Å². The van der Waals surface area contributed by atoms with Crippen molar-refractivity contribution >= 4 is 22.0 Å². The van der Waals surface area contributed by atoms with Crippen molar-refractivity contribution in [2.75, 3.05) is 19.7 Å². The molecule has 0 unspecified atom stereocenters. The van der Waals surface area contributed by atoms with Gasteiger partial charge >= 0.3 is 0 Å². The third-order valence-corrected chi connectivity index (χ3v) is 7.15. The zero-order valence-electron chi connectivity index (χ0n) is 16.1. The number of hydrogen-bond donors (Lipinski definition) is 1. The molecule has 0 radical (unpaired) electrons. The Morgan fingerprint density at radius 3 is 2.62 bits per heavy atom. The predicted molar refractivity (Wildman–Crippen MR) is 111 cm³/mol. The molecule has 1 N–H and O–H groups in total. The highest BCUT2D eigenvalue weighted by molar-refractivity contribution is 7.89. The largest absolute Gasteiger partial charge is 0.493 e. The zero-order chi connectivity index (χ0) is 20.3. The van der Waals surface area contributed by atoms with Gasteiger partial charge in [-0.3, -0.25) is 4.79 Å². The molecule has 0 bridgehead atoms. The molecule has 0 spiro atoms. The summed E-state index contributed by atoms with van der Waals surface area (Å²) < 4.78 is 32.1. The lowest BCUT2D eigenvalue weighted by atomic mass is 10.1. The number of nitrogens with one attached hydrogen (secondary N) is 1. The van der Waals surface area contributed by atoms with E-state index in [9.17, 15) is 13.2 Å². The Labute approximate surface area is 171 Å². The summed E-state index contributed by atoms with van der Waals surface area (Å²) in [6.45, 7) is 2.22. The summed E-state index contributed by atoms with van der Waals surface area (Å²) in [5.74, 6) is 0.720. The first-order valence-corrected chi connectivity index (χ1v) is 11.3. The van der Waals surface area contributed by atoms with Gasteiger partial charge in [0.2, 0.25) is 15.9 Å². The monoisotopic (exact) mass is 412 g/mol. The SMILES string of the molecule is O=C(/C=C/c1ccc2c(c1)CCO2)NCc1ccc(S(=O)(=O)N2CCCC2)cc1. The lowest BCUT2D eigenvalue weighted by Gasteiger charge is -2.15. The number of carbonyl (C=O) groups is 1. The van der Waals surface area contributed by atoms with Crippen molar-refractivity contribution in [3.8, 4) is 5.75 Å². The second-order valence-electron chi connectivity index (χ2n) is 7.27. The second-order valence-corrected chi connectivity index (χ2v) is 9.21. The lowest BCUT2D eigenvalue weighted by Crippen LogP contribution is -2.27. The van der Waals surface area contributed by atoms with Gasteiger partial charge in [0.25, 0.3) is 0 Å². The number of amides is 1. The fourth-order valence-corrected chi connectivity index (χ4v) is 5.10. The molecule has 29 heavy (non-hydrogen) atoms. The first-order chi connectivity index (χ1) is 14.0. The van der Waals surface area contributed by atoms with Crippen molar-refractivity contribution < 1.29 is 17.9 Å². The van der Waals surface area contributed by atoms with Crippen molar-refractivity contribution in [2.24, 2.45) is 0 Å². The third-order valence-electron chi connectivity index (χ3n) is 5.23. The summed E-state index contributed by atoms with van der Waals surface area (Å²) in [4.78, 5) is 12.4. The van der Waals surface area contributed by atoms with E-state index in [0.717, 1.165) is 41.7 Å². The van der Waals surface area contributed by atoms with E-state index in [1.165, 1.54) is 10.4 Å². The van der Waals surface area contributed by atoms with E-state index >= 15 is 0 Å². The molecule has 1 saturated heterocycles. The number of carbonyl (C=O) groups excluding carboxylic acids is 1. The van der Waals surface area contributed by atoms with Gasteiger partial charge in [-0.15, -0.1) is 0 Å². The Morgan fingerprint density at radius 2 is 1.86 bits per heavy atom. The fourth-order valence-electron chi connectivity index (χ4n) is 3.59. The van der Waals surface area contributed by atoms with Crippen LogP contribution >= 0.6 is 0 Å². The lowest BCUT2D eigenvalue weighted by molar-refractivity contribution is -0.116. The molecule has 4 rings (SSSR count). The highest BCUT2D eigenvalue weighted by Gasteiger charge is 2.26. The summed E-state index contributed by atoms with van der Waals surface area (Å²) in [6, 6.07) is 12.6. The first-order valence-electron chi connectivity index (χ1n) is 9.83. The second kappa shape index (κ2) is 8.39. The van der Waals surface area contributed by atoms with E-state index in [4.69, 9.17) is 4.74 Å². The highest BCUT2D eigenvalue weighted by Crippen LogP contribution is 2.26. The predicted octanol–water partition coefficient (Wildman–Crippen LogP) is 2.74. The minimum atomic E-state index is -3.40. The van der Waals surface area contributed by atoms with Crippen LogP contribution in [0.4, 0.5) is 0 Å². The van der Waals surface area contributed by atoms with E-state index < -0.39 is 10.0 Å². The standard InChI is InChI=1S/C22H24N2O4S/c25-22(10-6-17-5-9-21-19(15-17)11-14-28-21)23-16-18-3-7-20(8-4-18)29(26,27)24-12-1-2-13-24/h3-10,15H,1-2,11-14,16H2,(H,23,25)/b10-6+. The van der Waals surface area contributed by atoms with Crippen LogP contribution in [0.25, 0.3) is 6.08 Å². The molecule has 1 amide bonds. The van der Waals surface area contributed by atoms with Crippen LogP contribution in [-0.2, 0) is 27.8 Å². The number of benzene rings is 2. The molecule has 0 aliphatic carbocycles. The molecule has 2 heterocycles. The molecule has 0 saturated carbocycles. The van der Waals surface area contributed by atoms with Crippen molar-refractivity contribution in [3.05, 3.63) is 65.2 Å². The van der Waals surface area contributed by atoms with E-state index in [0.29, 0.717) is 31.1 Å². The topological polar surface area (TPSA) is 75.7 Å². The van der Waals surface area contributed by atoms with Gasteiger partial charge in [-0.25, -0.2) is 8.42 Å². The molecule has 2 aliphatic heterocycles. The van der Waals surface area contributed by atoms with E-state index in [1.807, 2.05) is 18.2 Å². The van der Waals surface area contributed by atoms with Crippen LogP contribution in [0.3, 0.4) is 0 Å². The summed E-state index contributed by atoms with van der Waals surface area (Å²) in [6.07, 6.45) is 6.00. The Hall–Kier alpha value is -2.64. The number of nitrogens with zero attached hydrogens (tertiary/aromatic N) is 1. The van der Waals surface area contributed by atoms with Gasteiger partial charge in [-0.2, -0.15) is 4.31 Å². The molecular weight excluding hydrogens is 388 g/mol. The maximum absolute atomic E-state index is 12.5. The minimum Gasteiger partial charge on any atom is -0.493 e. The average molecular weight is 413 g/mol. The smallest absolute Gasteiger partial charge is 0.244 e. The molecule has 0 aromatic heterocycles. The maximum atomic E-state index is 12.5. The van der Waals surface area contributed by atoms with Crippen molar-refractivity contribution in [3.63, 3.8) is 0 Å². The van der Waals surface area contributed by atoms with Crippen LogP contribution in [0.15, 0.2) is 53.4 Å². The Morgan fingerprint density at radius 1 is 1.10 bits per heavy atom. The molecule has 1 fully saturated rings. The zero-order valence-corrected chi connectivity index (χ0v) is 17.0. The normalized spacial score (nSPS) is 16.7. The van der Waals surface area contributed by atoms with Gasteiger partial charge in [0.15, 0.2) is 0 Å². The van der Waals surface area contributed by atoms with E-state index in [2.05, 4.69) is 5.32 Å². The van der Waals surface area contributed by atoms with Gasteiger partial charge in [-0.1, -0.05) is 18.2 Å². The summed E-state index contributed by atoms with van der Waals surface area (Å²) in [5.41, 5.74) is 2.97. The molecule has 2 aromatic rings. The third kappa shape index (κ3) is 4.52. The molecule has 0 atom stereocenters. The number of ether oxygens (including phenoxy) is 1. The van der Waals surface area contributed by atoms with Gasteiger partial charge in [0.05, 0.1) is 11.5 Å². The molecule has 7 heteroatoms. The summed E-state index contributed by atoms with van der Waals surface area (Å²) in [5, 5.41) is 2.82. The van der Waals surface area contributed by atoms with E-state index in [1.54, 1.807) is 30.3 Å². The molecule has 152 valence electrons. The van der Waals surface area contributed by atoms with Gasteiger partial charge < -0.3 is 10.1 Å². The first kappa shape index (κ1) is 19.7. The number of sulfonamides is 1. The average Bonchev–Trinajstić information content (AvgIpc) is 3.42. The fraction of sp³-hybridized carbons (Fsp3) is 0.318. The molecule has 2 aromatic carbocycles. The quantitative estimate of drug-likeness (QED) is 0.741. The number of rotatable bonds is 6. The minimum absolute atomic E-state index is 0.199. The van der Waals surface area contributed by atoms with Crippen LogP contribution in [-0.4, -0.2) is 38.3 Å². The van der Waals surface area contributed by atoms with Gasteiger partial charge in [0, 0.05) is 32.1 Å². The number of fused-ring (bicyclic) bond motifs is 1.